The number of fused-ring (bicyclic) bond motifs is 1. The van der Waals surface area contributed by atoms with Gasteiger partial charge < -0.3 is 19.7 Å². The summed E-state index contributed by atoms with van der Waals surface area (Å²) in [4.78, 5) is 0. The quantitative estimate of drug-likeness (QED) is 0.509. The Morgan fingerprint density at radius 3 is 1.67 bits per heavy atom. The molecule has 2 saturated heterocycles. The molecule has 2 unspecified atom stereocenters. The Morgan fingerprint density at radius 1 is 1.00 bits per heavy atom. The molecule has 0 aromatic rings. The number of aliphatic hydroxyl groups excluding tert-OH is 2. The van der Waals surface area contributed by atoms with E-state index >= 15 is 0 Å². The van der Waals surface area contributed by atoms with Crippen molar-refractivity contribution in [3.05, 3.63) is 0 Å². The van der Waals surface area contributed by atoms with Gasteiger partial charge in [0, 0.05) is 0 Å². The molecule has 0 saturated carbocycles. The predicted molar refractivity (Wildman–Crippen MR) is 40.7 cm³/mol. The number of ether oxygens (including phenoxy) is 2. The fourth-order valence-electron chi connectivity index (χ4n) is 1.96. The molecular weight excluding hydrogens is 160 g/mol. The van der Waals surface area contributed by atoms with E-state index in [0.29, 0.717) is 0 Å². The summed E-state index contributed by atoms with van der Waals surface area (Å²) in [7, 11) is 0. The monoisotopic (exact) mass is 174 g/mol. The van der Waals surface area contributed by atoms with Crippen molar-refractivity contribution in [2.24, 2.45) is 0 Å². The van der Waals surface area contributed by atoms with Crippen molar-refractivity contribution in [3.63, 3.8) is 0 Å². The molecule has 2 rings (SSSR count). The maximum Gasteiger partial charge on any atom is 0.125 e. The van der Waals surface area contributed by atoms with Crippen LogP contribution in [0.2, 0.25) is 0 Å². The summed E-state index contributed by atoms with van der Waals surface area (Å²) in [6, 6.07) is 0. The lowest BCUT2D eigenvalue weighted by Gasteiger charge is -2.33. The summed E-state index contributed by atoms with van der Waals surface area (Å²) >= 11 is 0. The zero-order valence-corrected chi connectivity index (χ0v) is 7.28. The largest absolute Gasteiger partial charge is 0.388 e. The van der Waals surface area contributed by atoms with E-state index in [2.05, 4.69) is 0 Å². The molecule has 2 fully saturated rings. The topological polar surface area (TPSA) is 58.9 Å². The van der Waals surface area contributed by atoms with E-state index in [1.54, 1.807) is 13.8 Å². The first-order valence-electron chi connectivity index (χ1n) is 4.15. The van der Waals surface area contributed by atoms with Crippen molar-refractivity contribution in [3.8, 4) is 0 Å². The van der Waals surface area contributed by atoms with E-state index in [1.165, 1.54) is 0 Å². The number of aliphatic hydroxyl groups is 2. The second kappa shape index (κ2) is 2.20. The van der Waals surface area contributed by atoms with Crippen LogP contribution < -0.4 is 0 Å². The van der Waals surface area contributed by atoms with Crippen molar-refractivity contribution in [1.29, 1.82) is 0 Å². The van der Waals surface area contributed by atoms with Gasteiger partial charge in [-0.15, -0.1) is 0 Å². The average molecular weight is 174 g/mol. The number of rotatable bonds is 0. The van der Waals surface area contributed by atoms with Gasteiger partial charge in [-0.3, -0.25) is 0 Å². The Balaban J connectivity index is 2.37. The van der Waals surface area contributed by atoms with Gasteiger partial charge in [-0.05, 0) is 13.8 Å². The first kappa shape index (κ1) is 8.44. The second-order valence-corrected chi connectivity index (χ2v) is 3.87. The summed E-state index contributed by atoms with van der Waals surface area (Å²) in [5, 5.41) is 19.2. The third-order valence-corrected chi connectivity index (χ3v) is 3.34. The van der Waals surface area contributed by atoms with E-state index in [4.69, 9.17) is 9.47 Å². The second-order valence-electron chi connectivity index (χ2n) is 3.87. The van der Waals surface area contributed by atoms with E-state index in [-0.39, 0.29) is 13.2 Å². The van der Waals surface area contributed by atoms with Crippen molar-refractivity contribution >= 4 is 0 Å². The van der Waals surface area contributed by atoms with E-state index in [9.17, 15) is 10.2 Å². The van der Waals surface area contributed by atoms with Crippen LogP contribution in [-0.4, -0.2) is 46.8 Å². The highest BCUT2D eigenvalue weighted by molar-refractivity contribution is 5.13. The molecule has 4 heteroatoms. The smallest absolute Gasteiger partial charge is 0.125 e. The standard InChI is InChI=1S/C8H14O4/c1-7-5(9)3-12-8(7,2)6(10)4-11-7/h5-6,9-10H,3-4H2,1-2H3/t5?,6?,7-,8-/m1/s1. The van der Waals surface area contributed by atoms with Gasteiger partial charge in [0.05, 0.1) is 13.2 Å². The molecule has 0 amide bonds. The van der Waals surface area contributed by atoms with Gasteiger partial charge >= 0.3 is 0 Å². The lowest BCUT2D eigenvalue weighted by Crippen LogP contribution is -2.53. The van der Waals surface area contributed by atoms with Crippen LogP contribution in [0.3, 0.4) is 0 Å². The Kier molecular flexibility index (Phi) is 1.55. The summed E-state index contributed by atoms with van der Waals surface area (Å²) in [5.41, 5.74) is -1.49. The lowest BCUT2D eigenvalue weighted by molar-refractivity contribution is -0.107. The normalized spacial score (nSPS) is 59.0. The Bertz CT molecular complexity index is 185. The minimum atomic E-state index is -0.744. The van der Waals surface area contributed by atoms with Crippen LogP contribution in [0.15, 0.2) is 0 Å². The summed E-state index contributed by atoms with van der Waals surface area (Å²) < 4.78 is 10.7. The predicted octanol–water partition coefficient (Wildman–Crippen LogP) is -0.714. The zero-order valence-electron chi connectivity index (χ0n) is 7.28. The van der Waals surface area contributed by atoms with E-state index < -0.39 is 23.4 Å². The van der Waals surface area contributed by atoms with Gasteiger partial charge in [-0.25, -0.2) is 0 Å². The molecule has 2 aliphatic rings. The van der Waals surface area contributed by atoms with Crippen LogP contribution in [0.25, 0.3) is 0 Å². The molecule has 0 bridgehead atoms. The summed E-state index contributed by atoms with van der Waals surface area (Å²) in [5.74, 6) is 0. The Labute approximate surface area is 71.1 Å². The minimum absolute atomic E-state index is 0.240. The molecule has 2 aliphatic heterocycles. The summed E-state index contributed by atoms with van der Waals surface area (Å²) in [6.07, 6.45) is -1.28. The van der Waals surface area contributed by atoms with Gasteiger partial charge in [0.2, 0.25) is 0 Å². The highest BCUT2D eigenvalue weighted by Crippen LogP contribution is 2.45. The molecule has 0 aliphatic carbocycles. The van der Waals surface area contributed by atoms with Crippen molar-refractivity contribution in [1.82, 2.24) is 0 Å². The van der Waals surface area contributed by atoms with Crippen LogP contribution in [0.4, 0.5) is 0 Å². The van der Waals surface area contributed by atoms with E-state index in [0.717, 1.165) is 0 Å². The fraction of sp³-hybridized carbons (Fsp3) is 1.00. The van der Waals surface area contributed by atoms with Crippen molar-refractivity contribution in [2.45, 2.75) is 37.3 Å². The average Bonchev–Trinajstić information content (AvgIpc) is 2.39. The molecule has 0 aromatic carbocycles. The molecule has 4 atom stereocenters. The minimum Gasteiger partial charge on any atom is -0.388 e. The van der Waals surface area contributed by atoms with Gasteiger partial charge in [-0.2, -0.15) is 0 Å². The summed E-state index contributed by atoms with van der Waals surface area (Å²) in [6.45, 7) is 4.04. The van der Waals surface area contributed by atoms with E-state index in [1.807, 2.05) is 0 Å². The molecule has 12 heavy (non-hydrogen) atoms. The van der Waals surface area contributed by atoms with Crippen LogP contribution in [0.1, 0.15) is 13.8 Å². The molecule has 0 radical (unpaired) electrons. The molecular formula is C8H14O4. The maximum absolute atomic E-state index is 9.58. The van der Waals surface area contributed by atoms with Crippen LogP contribution in [0.5, 0.6) is 0 Å². The fourth-order valence-corrected chi connectivity index (χ4v) is 1.96. The van der Waals surface area contributed by atoms with Gasteiger partial charge in [0.1, 0.15) is 23.4 Å². The van der Waals surface area contributed by atoms with Gasteiger partial charge in [-0.1, -0.05) is 0 Å². The first-order valence-corrected chi connectivity index (χ1v) is 4.15. The molecule has 0 spiro atoms. The molecule has 70 valence electrons. The Morgan fingerprint density at radius 2 is 1.33 bits per heavy atom. The molecule has 4 nitrogen and oxygen atoms in total. The third kappa shape index (κ3) is 0.713. The van der Waals surface area contributed by atoms with Gasteiger partial charge in [0.15, 0.2) is 0 Å². The lowest BCUT2D eigenvalue weighted by atomic mass is 9.83. The molecule has 2 N–H and O–H groups in total. The number of hydrogen-bond donors (Lipinski definition) is 2. The highest BCUT2D eigenvalue weighted by atomic mass is 16.6. The van der Waals surface area contributed by atoms with Crippen molar-refractivity contribution in [2.75, 3.05) is 13.2 Å². The highest BCUT2D eigenvalue weighted by Gasteiger charge is 2.64. The van der Waals surface area contributed by atoms with Gasteiger partial charge in [0.25, 0.3) is 0 Å². The van der Waals surface area contributed by atoms with Crippen LogP contribution in [0, 0.1) is 0 Å². The zero-order chi connectivity index (χ0) is 8.98. The molecule has 0 aromatic heterocycles. The maximum atomic E-state index is 9.58. The van der Waals surface area contributed by atoms with Crippen molar-refractivity contribution < 1.29 is 19.7 Å². The Hall–Kier alpha value is -0.160. The van der Waals surface area contributed by atoms with Crippen LogP contribution >= 0.6 is 0 Å². The molecule has 2 heterocycles. The van der Waals surface area contributed by atoms with Crippen LogP contribution in [-0.2, 0) is 9.47 Å². The third-order valence-electron chi connectivity index (χ3n) is 3.34. The first-order chi connectivity index (χ1) is 5.51. The SMILES string of the molecule is C[C@]12OCC(O)[C@@]1(C)OCC2O. The number of hydrogen-bond acceptors (Lipinski definition) is 4.